The summed E-state index contributed by atoms with van der Waals surface area (Å²) in [5, 5.41) is 12.6. The minimum absolute atomic E-state index is 0.206. The summed E-state index contributed by atoms with van der Waals surface area (Å²) in [6, 6.07) is 8.74. The Bertz CT molecular complexity index is 346. The first-order valence-electron chi connectivity index (χ1n) is 6.31. The topological polar surface area (TPSA) is 32.3 Å². The molecule has 1 fully saturated rings. The molecule has 3 heteroatoms. The Balaban J connectivity index is 1.75. The Hall–Kier alpha value is -0.510. The molecule has 0 bridgehead atoms. The molecule has 1 aromatic rings. The van der Waals surface area contributed by atoms with Crippen molar-refractivity contribution in [1.29, 1.82) is 0 Å². The minimum Gasteiger partial charge on any atom is -0.396 e. The lowest BCUT2D eigenvalue weighted by Gasteiger charge is -2.12. The third-order valence-electron chi connectivity index (χ3n) is 3.36. The third-order valence-corrected chi connectivity index (χ3v) is 4.25. The van der Waals surface area contributed by atoms with Crippen molar-refractivity contribution in [3.05, 3.63) is 29.8 Å². The molecule has 2 rings (SSSR count). The number of rotatable bonds is 7. The highest BCUT2D eigenvalue weighted by molar-refractivity contribution is 7.99. The van der Waals surface area contributed by atoms with E-state index in [-0.39, 0.29) is 5.41 Å². The zero-order chi connectivity index (χ0) is 12.1. The summed E-state index contributed by atoms with van der Waals surface area (Å²) in [7, 11) is 0. The van der Waals surface area contributed by atoms with Crippen LogP contribution in [0.15, 0.2) is 29.2 Å². The maximum absolute atomic E-state index is 9.21. The van der Waals surface area contributed by atoms with E-state index in [1.807, 2.05) is 11.8 Å². The molecule has 0 aromatic heterocycles. The standard InChI is InChI=1S/C14H21NOS/c1-2-17-13-5-3-12(4-6-13)9-15-10-14(11-16)7-8-14/h3-6,15-16H,2,7-11H2,1H3. The van der Waals surface area contributed by atoms with Crippen molar-refractivity contribution in [1.82, 2.24) is 5.32 Å². The van der Waals surface area contributed by atoms with Crippen molar-refractivity contribution in [2.75, 3.05) is 18.9 Å². The number of hydrogen-bond acceptors (Lipinski definition) is 3. The molecule has 1 aromatic carbocycles. The molecule has 17 heavy (non-hydrogen) atoms. The van der Waals surface area contributed by atoms with Crippen LogP contribution in [0.2, 0.25) is 0 Å². The normalized spacial score (nSPS) is 17.1. The number of hydrogen-bond donors (Lipinski definition) is 2. The fourth-order valence-corrected chi connectivity index (χ4v) is 2.57. The van der Waals surface area contributed by atoms with Crippen LogP contribution in [0.5, 0.6) is 0 Å². The Labute approximate surface area is 108 Å². The van der Waals surface area contributed by atoms with Gasteiger partial charge in [0.2, 0.25) is 0 Å². The summed E-state index contributed by atoms with van der Waals surface area (Å²) >= 11 is 1.87. The first-order valence-corrected chi connectivity index (χ1v) is 7.30. The molecule has 1 aliphatic carbocycles. The van der Waals surface area contributed by atoms with Crippen molar-refractivity contribution in [3.8, 4) is 0 Å². The van der Waals surface area contributed by atoms with E-state index in [1.54, 1.807) is 0 Å². The summed E-state index contributed by atoms with van der Waals surface area (Å²) in [5.41, 5.74) is 1.53. The van der Waals surface area contributed by atoms with Gasteiger partial charge in [-0.3, -0.25) is 0 Å². The second-order valence-corrected chi connectivity index (χ2v) is 6.18. The highest BCUT2D eigenvalue weighted by Crippen LogP contribution is 2.44. The van der Waals surface area contributed by atoms with Gasteiger partial charge in [-0.2, -0.15) is 0 Å². The van der Waals surface area contributed by atoms with E-state index >= 15 is 0 Å². The maximum atomic E-state index is 9.21. The highest BCUT2D eigenvalue weighted by Gasteiger charge is 2.41. The van der Waals surface area contributed by atoms with Crippen LogP contribution >= 0.6 is 11.8 Å². The molecule has 2 N–H and O–H groups in total. The van der Waals surface area contributed by atoms with Gasteiger partial charge in [0.25, 0.3) is 0 Å². The van der Waals surface area contributed by atoms with Crippen LogP contribution in [0.25, 0.3) is 0 Å². The number of nitrogens with one attached hydrogen (secondary N) is 1. The van der Waals surface area contributed by atoms with Gasteiger partial charge in [0.1, 0.15) is 0 Å². The van der Waals surface area contributed by atoms with Gasteiger partial charge in [-0.05, 0) is 36.3 Å². The molecule has 94 valence electrons. The molecule has 0 amide bonds. The van der Waals surface area contributed by atoms with Gasteiger partial charge >= 0.3 is 0 Å². The fraction of sp³-hybridized carbons (Fsp3) is 0.571. The fourth-order valence-electron chi connectivity index (χ4n) is 1.91. The molecular formula is C14H21NOS. The Kier molecular flexibility index (Phi) is 4.48. The molecule has 0 saturated heterocycles. The Morgan fingerprint density at radius 1 is 1.29 bits per heavy atom. The van der Waals surface area contributed by atoms with E-state index in [1.165, 1.54) is 23.3 Å². The van der Waals surface area contributed by atoms with E-state index in [0.717, 1.165) is 18.8 Å². The van der Waals surface area contributed by atoms with Crippen molar-refractivity contribution in [2.45, 2.75) is 31.2 Å². The van der Waals surface area contributed by atoms with Crippen LogP contribution in [0.3, 0.4) is 0 Å². The zero-order valence-corrected chi connectivity index (χ0v) is 11.2. The number of thioether (sulfide) groups is 1. The second kappa shape index (κ2) is 5.89. The average molecular weight is 251 g/mol. The first kappa shape index (κ1) is 12.9. The maximum Gasteiger partial charge on any atom is 0.0499 e. The smallest absolute Gasteiger partial charge is 0.0499 e. The van der Waals surface area contributed by atoms with Crippen LogP contribution in [0, 0.1) is 5.41 Å². The van der Waals surface area contributed by atoms with E-state index in [0.29, 0.717) is 6.61 Å². The highest BCUT2D eigenvalue weighted by atomic mass is 32.2. The molecule has 0 aliphatic heterocycles. The summed E-state index contributed by atoms with van der Waals surface area (Å²) in [6.07, 6.45) is 2.34. The molecule has 0 heterocycles. The van der Waals surface area contributed by atoms with Gasteiger partial charge in [-0.1, -0.05) is 19.1 Å². The molecule has 0 atom stereocenters. The molecule has 1 aliphatic rings. The van der Waals surface area contributed by atoms with Crippen molar-refractivity contribution in [3.63, 3.8) is 0 Å². The van der Waals surface area contributed by atoms with Crippen molar-refractivity contribution < 1.29 is 5.11 Å². The molecule has 0 unspecified atom stereocenters. The van der Waals surface area contributed by atoms with Gasteiger partial charge in [0, 0.05) is 30.0 Å². The molecule has 0 spiro atoms. The summed E-state index contributed by atoms with van der Waals surface area (Å²) < 4.78 is 0. The minimum atomic E-state index is 0.206. The van der Waals surface area contributed by atoms with Crippen LogP contribution in [-0.4, -0.2) is 24.0 Å². The van der Waals surface area contributed by atoms with Gasteiger partial charge in [0.05, 0.1) is 0 Å². The monoisotopic (exact) mass is 251 g/mol. The summed E-state index contributed by atoms with van der Waals surface area (Å²) in [5.74, 6) is 1.12. The van der Waals surface area contributed by atoms with Gasteiger partial charge in [0.15, 0.2) is 0 Å². The van der Waals surface area contributed by atoms with Crippen molar-refractivity contribution >= 4 is 11.8 Å². The second-order valence-electron chi connectivity index (χ2n) is 4.84. The zero-order valence-electron chi connectivity index (χ0n) is 10.4. The van der Waals surface area contributed by atoms with Crippen molar-refractivity contribution in [2.24, 2.45) is 5.41 Å². The molecule has 0 radical (unpaired) electrons. The lowest BCUT2D eigenvalue weighted by atomic mass is 10.1. The van der Waals surface area contributed by atoms with E-state index in [4.69, 9.17) is 0 Å². The lowest BCUT2D eigenvalue weighted by Crippen LogP contribution is -2.26. The number of benzene rings is 1. The Morgan fingerprint density at radius 2 is 2.00 bits per heavy atom. The number of aliphatic hydroxyl groups is 1. The van der Waals surface area contributed by atoms with Gasteiger partial charge in [-0.25, -0.2) is 0 Å². The van der Waals surface area contributed by atoms with Gasteiger partial charge in [-0.15, -0.1) is 11.8 Å². The summed E-state index contributed by atoms with van der Waals surface area (Å²) in [6.45, 7) is 4.34. The van der Waals surface area contributed by atoms with E-state index in [2.05, 4.69) is 36.5 Å². The predicted octanol–water partition coefficient (Wildman–Crippen LogP) is 2.66. The third kappa shape index (κ3) is 3.73. The van der Waals surface area contributed by atoms with Crippen LogP contribution in [-0.2, 0) is 6.54 Å². The quantitative estimate of drug-likeness (QED) is 0.731. The van der Waals surface area contributed by atoms with E-state index < -0.39 is 0 Å². The predicted molar refractivity (Wildman–Crippen MR) is 73.3 cm³/mol. The van der Waals surface area contributed by atoms with Crippen LogP contribution in [0.4, 0.5) is 0 Å². The SMILES string of the molecule is CCSc1ccc(CNCC2(CO)CC2)cc1. The number of aliphatic hydroxyl groups excluding tert-OH is 1. The Morgan fingerprint density at radius 3 is 2.53 bits per heavy atom. The van der Waals surface area contributed by atoms with E-state index in [9.17, 15) is 5.11 Å². The van der Waals surface area contributed by atoms with Crippen LogP contribution < -0.4 is 5.32 Å². The molecule has 1 saturated carbocycles. The average Bonchev–Trinajstić information content (AvgIpc) is 3.13. The lowest BCUT2D eigenvalue weighted by molar-refractivity contribution is 0.207. The molecule has 2 nitrogen and oxygen atoms in total. The first-order chi connectivity index (χ1) is 8.28. The molecular weight excluding hydrogens is 230 g/mol. The largest absolute Gasteiger partial charge is 0.396 e. The van der Waals surface area contributed by atoms with Crippen LogP contribution in [0.1, 0.15) is 25.3 Å². The van der Waals surface area contributed by atoms with Gasteiger partial charge < -0.3 is 10.4 Å². The summed E-state index contributed by atoms with van der Waals surface area (Å²) in [4.78, 5) is 1.34.